The highest BCUT2D eigenvalue weighted by Gasteiger charge is 2.15. The number of halogens is 2. The number of amides is 2. The minimum atomic E-state index is -0.975. The number of nitrogens with one attached hydrogen (secondary N) is 2. The first-order valence-corrected chi connectivity index (χ1v) is 7.10. The van der Waals surface area contributed by atoms with E-state index >= 15 is 0 Å². The Bertz CT molecular complexity index is 778. The van der Waals surface area contributed by atoms with Crippen LogP contribution in [0.5, 0.6) is 5.75 Å². The van der Waals surface area contributed by atoms with Crippen LogP contribution in [0.15, 0.2) is 47.6 Å². The van der Waals surface area contributed by atoms with Crippen LogP contribution in [0.25, 0.3) is 0 Å². The predicted molar refractivity (Wildman–Crippen MR) is 88.9 cm³/mol. The third-order valence-electron chi connectivity index (χ3n) is 2.66. The highest BCUT2D eigenvalue weighted by atomic mass is 35.5. The van der Waals surface area contributed by atoms with E-state index in [-0.39, 0.29) is 21.5 Å². The molecule has 2 aromatic carbocycles. The summed E-state index contributed by atoms with van der Waals surface area (Å²) in [5.74, 6) is -1.85. The van der Waals surface area contributed by atoms with Gasteiger partial charge in [-0.15, -0.1) is 0 Å². The van der Waals surface area contributed by atoms with Crippen molar-refractivity contribution in [2.75, 3.05) is 5.32 Å². The second kappa shape index (κ2) is 7.62. The molecule has 118 valence electrons. The molecule has 0 bridgehead atoms. The Labute approximate surface area is 141 Å². The second-order valence-corrected chi connectivity index (χ2v) is 5.13. The van der Waals surface area contributed by atoms with Crippen LogP contribution in [-0.2, 0) is 9.59 Å². The molecule has 23 heavy (non-hydrogen) atoms. The van der Waals surface area contributed by atoms with Crippen molar-refractivity contribution < 1.29 is 14.7 Å². The molecule has 0 unspecified atom stereocenters. The van der Waals surface area contributed by atoms with E-state index in [4.69, 9.17) is 23.2 Å². The first-order valence-electron chi connectivity index (χ1n) is 6.35. The van der Waals surface area contributed by atoms with Gasteiger partial charge >= 0.3 is 11.8 Å². The van der Waals surface area contributed by atoms with Crippen LogP contribution in [0.2, 0.25) is 10.0 Å². The summed E-state index contributed by atoms with van der Waals surface area (Å²) in [6.45, 7) is 0. The van der Waals surface area contributed by atoms with E-state index in [1.165, 1.54) is 24.4 Å². The third kappa shape index (κ3) is 4.70. The van der Waals surface area contributed by atoms with Crippen LogP contribution in [0, 0.1) is 0 Å². The molecular formula is C15H11Cl2N3O3. The van der Waals surface area contributed by atoms with E-state index in [2.05, 4.69) is 15.8 Å². The van der Waals surface area contributed by atoms with Crippen LogP contribution in [0.1, 0.15) is 5.56 Å². The van der Waals surface area contributed by atoms with E-state index in [1.54, 1.807) is 24.3 Å². The summed E-state index contributed by atoms with van der Waals surface area (Å²) >= 11 is 11.7. The Morgan fingerprint density at radius 3 is 2.57 bits per heavy atom. The van der Waals surface area contributed by atoms with Crippen molar-refractivity contribution >= 4 is 46.9 Å². The molecular weight excluding hydrogens is 341 g/mol. The van der Waals surface area contributed by atoms with Gasteiger partial charge in [0.05, 0.1) is 21.9 Å². The van der Waals surface area contributed by atoms with Crippen molar-refractivity contribution in [1.29, 1.82) is 0 Å². The Hall–Kier alpha value is -2.57. The standard InChI is InChI=1S/C15H11Cl2N3O3/c16-11-5-2-6-12(13(11)17)19-14(22)15(23)20-18-8-9-3-1-4-10(21)7-9/h1-8,21H,(H,19,22)(H,20,23). The molecule has 2 aromatic rings. The lowest BCUT2D eigenvalue weighted by Gasteiger charge is -2.06. The molecule has 2 rings (SSSR count). The monoisotopic (exact) mass is 351 g/mol. The summed E-state index contributed by atoms with van der Waals surface area (Å²) in [6.07, 6.45) is 1.29. The van der Waals surface area contributed by atoms with E-state index in [1.807, 2.05) is 0 Å². The fourth-order valence-electron chi connectivity index (χ4n) is 1.60. The Kier molecular flexibility index (Phi) is 5.56. The number of hydrogen-bond donors (Lipinski definition) is 3. The summed E-state index contributed by atoms with van der Waals surface area (Å²) in [5.41, 5.74) is 2.84. The fraction of sp³-hybridized carbons (Fsp3) is 0. The molecule has 3 N–H and O–H groups in total. The highest BCUT2D eigenvalue weighted by molar-refractivity contribution is 6.45. The average Bonchev–Trinajstić information content (AvgIpc) is 2.51. The minimum Gasteiger partial charge on any atom is -0.508 e. The molecule has 0 aliphatic heterocycles. The summed E-state index contributed by atoms with van der Waals surface area (Å²) < 4.78 is 0. The topological polar surface area (TPSA) is 90.8 Å². The molecule has 0 saturated heterocycles. The molecule has 0 saturated carbocycles. The molecule has 0 radical (unpaired) electrons. The fourth-order valence-corrected chi connectivity index (χ4v) is 1.95. The van der Waals surface area contributed by atoms with Gasteiger partial charge in [0, 0.05) is 0 Å². The maximum absolute atomic E-state index is 11.7. The number of hydrogen-bond acceptors (Lipinski definition) is 4. The first kappa shape index (κ1) is 16.8. The van der Waals surface area contributed by atoms with Crippen molar-refractivity contribution in [3.8, 4) is 5.75 Å². The number of carbonyl (C=O) groups excluding carboxylic acids is 2. The van der Waals surface area contributed by atoms with Gasteiger partial charge < -0.3 is 10.4 Å². The number of anilines is 1. The van der Waals surface area contributed by atoms with Gasteiger partial charge in [-0.05, 0) is 29.8 Å². The average molecular weight is 352 g/mol. The Morgan fingerprint density at radius 2 is 1.83 bits per heavy atom. The largest absolute Gasteiger partial charge is 0.508 e. The smallest absolute Gasteiger partial charge is 0.329 e. The molecule has 0 aliphatic carbocycles. The van der Waals surface area contributed by atoms with Gasteiger partial charge in [0.2, 0.25) is 0 Å². The SMILES string of the molecule is O=C(NN=Cc1cccc(O)c1)C(=O)Nc1cccc(Cl)c1Cl. The molecule has 0 spiro atoms. The Morgan fingerprint density at radius 1 is 1.09 bits per heavy atom. The number of benzene rings is 2. The molecule has 6 nitrogen and oxygen atoms in total. The lowest BCUT2D eigenvalue weighted by atomic mass is 10.2. The Balaban J connectivity index is 1.95. The van der Waals surface area contributed by atoms with Crippen molar-refractivity contribution in [2.45, 2.75) is 0 Å². The van der Waals surface area contributed by atoms with Gasteiger partial charge in [0.1, 0.15) is 5.75 Å². The lowest BCUT2D eigenvalue weighted by molar-refractivity contribution is -0.136. The van der Waals surface area contributed by atoms with Crippen LogP contribution >= 0.6 is 23.2 Å². The van der Waals surface area contributed by atoms with Crippen molar-refractivity contribution in [3.63, 3.8) is 0 Å². The van der Waals surface area contributed by atoms with Crippen LogP contribution in [0.4, 0.5) is 5.69 Å². The lowest BCUT2D eigenvalue weighted by Crippen LogP contribution is -2.32. The normalized spacial score (nSPS) is 10.5. The summed E-state index contributed by atoms with van der Waals surface area (Å²) in [7, 11) is 0. The number of aromatic hydroxyl groups is 1. The highest BCUT2D eigenvalue weighted by Crippen LogP contribution is 2.29. The number of phenolic OH excluding ortho intramolecular Hbond substituents is 1. The van der Waals surface area contributed by atoms with Crippen LogP contribution in [-0.4, -0.2) is 23.1 Å². The molecule has 0 atom stereocenters. The van der Waals surface area contributed by atoms with E-state index in [0.29, 0.717) is 5.56 Å². The first-order chi connectivity index (χ1) is 11.0. The van der Waals surface area contributed by atoms with Gasteiger partial charge in [-0.1, -0.05) is 41.4 Å². The summed E-state index contributed by atoms with van der Waals surface area (Å²) in [6, 6.07) is 10.9. The molecule has 0 heterocycles. The molecule has 2 amide bonds. The number of phenols is 1. The van der Waals surface area contributed by atoms with E-state index < -0.39 is 11.8 Å². The van der Waals surface area contributed by atoms with Crippen LogP contribution < -0.4 is 10.7 Å². The van der Waals surface area contributed by atoms with Gasteiger partial charge in [0.25, 0.3) is 0 Å². The zero-order valence-corrected chi connectivity index (χ0v) is 13.1. The zero-order chi connectivity index (χ0) is 16.8. The zero-order valence-electron chi connectivity index (χ0n) is 11.6. The van der Waals surface area contributed by atoms with E-state index in [9.17, 15) is 14.7 Å². The second-order valence-electron chi connectivity index (χ2n) is 4.35. The van der Waals surface area contributed by atoms with Crippen LogP contribution in [0.3, 0.4) is 0 Å². The number of carbonyl (C=O) groups is 2. The third-order valence-corrected chi connectivity index (χ3v) is 3.47. The molecule has 8 heteroatoms. The number of hydrazone groups is 1. The number of rotatable bonds is 3. The van der Waals surface area contributed by atoms with Gasteiger partial charge in [-0.3, -0.25) is 9.59 Å². The van der Waals surface area contributed by atoms with Crippen molar-refractivity contribution in [3.05, 3.63) is 58.1 Å². The maximum atomic E-state index is 11.7. The molecule has 0 aromatic heterocycles. The number of nitrogens with zero attached hydrogens (tertiary/aromatic N) is 1. The van der Waals surface area contributed by atoms with Crippen molar-refractivity contribution in [1.82, 2.24) is 5.43 Å². The van der Waals surface area contributed by atoms with Crippen molar-refractivity contribution in [2.24, 2.45) is 5.10 Å². The van der Waals surface area contributed by atoms with Gasteiger partial charge in [-0.25, -0.2) is 5.43 Å². The van der Waals surface area contributed by atoms with Gasteiger partial charge in [-0.2, -0.15) is 5.10 Å². The molecule has 0 aliphatic rings. The minimum absolute atomic E-state index is 0.0635. The quantitative estimate of drug-likeness (QED) is 0.451. The predicted octanol–water partition coefficient (Wildman–Crippen LogP) is 2.79. The maximum Gasteiger partial charge on any atom is 0.329 e. The molecule has 0 fully saturated rings. The summed E-state index contributed by atoms with van der Waals surface area (Å²) in [5, 5.41) is 15.6. The van der Waals surface area contributed by atoms with Gasteiger partial charge in [0.15, 0.2) is 0 Å². The van der Waals surface area contributed by atoms with E-state index in [0.717, 1.165) is 0 Å². The summed E-state index contributed by atoms with van der Waals surface area (Å²) in [4.78, 5) is 23.4.